The van der Waals surface area contributed by atoms with Crippen LogP contribution in [-0.2, 0) is 17.6 Å². The van der Waals surface area contributed by atoms with Crippen LogP contribution < -0.4 is 16.0 Å². The average Bonchev–Trinajstić information content (AvgIpc) is 3.49. The molecule has 3 N–H and O–H groups in total. The quantitative estimate of drug-likeness (QED) is 0.540. The Kier molecular flexibility index (Phi) is 4.43. The van der Waals surface area contributed by atoms with Crippen molar-refractivity contribution in [1.82, 2.24) is 10.6 Å². The predicted octanol–water partition coefficient (Wildman–Crippen LogP) is 2.27. The van der Waals surface area contributed by atoms with Gasteiger partial charge in [-0.2, -0.15) is 0 Å². The van der Waals surface area contributed by atoms with Gasteiger partial charge in [0.2, 0.25) is 5.91 Å². The van der Waals surface area contributed by atoms with Gasteiger partial charge in [-0.3, -0.25) is 9.59 Å². The van der Waals surface area contributed by atoms with Gasteiger partial charge in [-0.15, -0.1) is 11.3 Å². The van der Waals surface area contributed by atoms with Crippen LogP contribution in [0.2, 0.25) is 0 Å². The Morgan fingerprint density at radius 1 is 1.20 bits per heavy atom. The highest BCUT2D eigenvalue weighted by molar-refractivity contribution is 7.17. The van der Waals surface area contributed by atoms with Crippen LogP contribution in [0.5, 0.6) is 0 Å². The smallest absolute Gasteiger partial charge is 0.254 e. The van der Waals surface area contributed by atoms with Crippen LogP contribution in [0, 0.1) is 24.3 Å². The number of nitrogens with one attached hydrogen (secondary N) is 3. The van der Waals surface area contributed by atoms with Crippen LogP contribution in [0.3, 0.4) is 0 Å². The monoisotopic (exact) mass is 357 g/mol. The van der Waals surface area contributed by atoms with Crippen molar-refractivity contribution in [3.63, 3.8) is 0 Å². The molecule has 0 aliphatic heterocycles. The summed E-state index contributed by atoms with van der Waals surface area (Å²) in [6.45, 7) is 0.728. The van der Waals surface area contributed by atoms with Crippen LogP contribution in [0.4, 0.5) is 5.00 Å². The summed E-state index contributed by atoms with van der Waals surface area (Å²) in [6, 6.07) is 2.70. The zero-order valence-electron chi connectivity index (χ0n) is 14.2. The molecule has 0 radical (unpaired) electrons. The molecular weight excluding hydrogens is 334 g/mol. The summed E-state index contributed by atoms with van der Waals surface area (Å²) in [5.41, 5.74) is 1.72. The number of hydrogen-bond donors (Lipinski definition) is 3. The second kappa shape index (κ2) is 6.72. The van der Waals surface area contributed by atoms with Crippen molar-refractivity contribution in [2.75, 3.05) is 11.9 Å². The number of amides is 2. The number of rotatable bonds is 6. The van der Waals surface area contributed by atoms with E-state index in [1.807, 2.05) is 0 Å². The first-order valence-corrected chi connectivity index (χ1v) is 9.92. The zero-order chi connectivity index (χ0) is 17.4. The Morgan fingerprint density at radius 2 is 2.00 bits per heavy atom. The van der Waals surface area contributed by atoms with E-state index in [0.29, 0.717) is 11.5 Å². The van der Waals surface area contributed by atoms with Crippen LogP contribution >= 0.6 is 11.3 Å². The van der Waals surface area contributed by atoms with E-state index < -0.39 is 0 Å². The highest BCUT2D eigenvalue weighted by Gasteiger charge is 2.34. The molecule has 0 spiro atoms. The lowest BCUT2D eigenvalue weighted by Gasteiger charge is -2.22. The molecule has 4 rings (SSSR count). The van der Waals surface area contributed by atoms with Gasteiger partial charge in [0.1, 0.15) is 5.00 Å². The highest BCUT2D eigenvalue weighted by Crippen LogP contribution is 2.40. The Hall–Kier alpha value is -2.00. The minimum atomic E-state index is -0.0585. The molecule has 1 unspecified atom stereocenters. The van der Waals surface area contributed by atoms with Crippen molar-refractivity contribution < 1.29 is 9.59 Å². The molecule has 0 aromatic carbocycles. The number of terminal acetylenes is 1. The fraction of sp³-hybridized carbons (Fsp3) is 0.579. The Morgan fingerprint density at radius 3 is 2.68 bits per heavy atom. The standard InChI is InChI=1S/C19H23N3O2S/c1-2-20-13-7-8-15-14(9-13)16(18(24)21-10-11-3-4-11)19(25-15)22-17(23)12-5-6-12/h1,11-13,20H,3-10H2,(H,21,24)(H,22,23). The minimum absolute atomic E-state index is 0.0492. The lowest BCUT2D eigenvalue weighted by molar-refractivity contribution is -0.117. The number of thiophene rings is 1. The number of carbonyl (C=O) groups excluding carboxylic acids is 2. The first-order chi connectivity index (χ1) is 12.2. The number of fused-ring (bicyclic) bond motifs is 1. The largest absolute Gasteiger partial charge is 0.352 e. The maximum Gasteiger partial charge on any atom is 0.254 e. The summed E-state index contributed by atoms with van der Waals surface area (Å²) in [4.78, 5) is 26.3. The molecule has 1 heterocycles. The van der Waals surface area contributed by atoms with Crippen molar-refractivity contribution in [3.05, 3.63) is 16.0 Å². The molecule has 1 aromatic rings. The molecule has 2 fully saturated rings. The van der Waals surface area contributed by atoms with E-state index in [9.17, 15) is 9.59 Å². The topological polar surface area (TPSA) is 70.2 Å². The van der Waals surface area contributed by atoms with Gasteiger partial charge in [-0.05, 0) is 56.4 Å². The summed E-state index contributed by atoms with van der Waals surface area (Å²) in [5, 5.41) is 9.84. The molecule has 132 valence electrons. The van der Waals surface area contributed by atoms with Gasteiger partial charge in [0.05, 0.1) is 5.56 Å². The summed E-state index contributed by atoms with van der Waals surface area (Å²) < 4.78 is 0. The fourth-order valence-electron chi connectivity index (χ4n) is 3.36. The first kappa shape index (κ1) is 16.5. The number of aryl methyl sites for hydroxylation is 1. The minimum Gasteiger partial charge on any atom is -0.352 e. The predicted molar refractivity (Wildman–Crippen MR) is 98.5 cm³/mol. The van der Waals surface area contributed by atoms with E-state index in [2.05, 4.69) is 22.0 Å². The molecule has 1 atom stereocenters. The fourth-order valence-corrected chi connectivity index (χ4v) is 4.60. The van der Waals surface area contributed by atoms with Crippen molar-refractivity contribution in [1.29, 1.82) is 0 Å². The summed E-state index contributed by atoms with van der Waals surface area (Å²) >= 11 is 1.56. The van der Waals surface area contributed by atoms with E-state index in [0.717, 1.165) is 49.2 Å². The second-order valence-corrected chi connectivity index (χ2v) is 8.46. The van der Waals surface area contributed by atoms with Crippen LogP contribution in [0.25, 0.3) is 0 Å². The maximum absolute atomic E-state index is 12.8. The normalized spacial score (nSPS) is 21.8. The molecule has 0 saturated heterocycles. The van der Waals surface area contributed by atoms with Gasteiger partial charge >= 0.3 is 0 Å². The van der Waals surface area contributed by atoms with Crippen molar-refractivity contribution >= 4 is 28.2 Å². The lowest BCUT2D eigenvalue weighted by Crippen LogP contribution is -2.33. The average molecular weight is 357 g/mol. The zero-order valence-corrected chi connectivity index (χ0v) is 15.0. The number of carbonyl (C=O) groups is 2. The lowest BCUT2D eigenvalue weighted by atomic mass is 9.91. The van der Waals surface area contributed by atoms with Gasteiger partial charge in [0.25, 0.3) is 5.91 Å². The molecule has 2 amide bonds. The molecule has 5 nitrogen and oxygen atoms in total. The van der Waals surface area contributed by atoms with E-state index in [-0.39, 0.29) is 23.8 Å². The molecule has 1 aromatic heterocycles. The van der Waals surface area contributed by atoms with Crippen LogP contribution in [0.15, 0.2) is 0 Å². The molecule has 25 heavy (non-hydrogen) atoms. The van der Waals surface area contributed by atoms with Crippen molar-refractivity contribution in [3.8, 4) is 12.5 Å². The third-order valence-corrected chi connectivity index (χ3v) is 6.42. The van der Waals surface area contributed by atoms with E-state index in [1.54, 1.807) is 11.3 Å². The van der Waals surface area contributed by atoms with E-state index in [1.165, 1.54) is 17.7 Å². The van der Waals surface area contributed by atoms with Gasteiger partial charge in [-0.1, -0.05) is 6.42 Å². The molecule has 0 bridgehead atoms. The van der Waals surface area contributed by atoms with Gasteiger partial charge in [0.15, 0.2) is 0 Å². The Labute approximate surface area is 152 Å². The van der Waals surface area contributed by atoms with Crippen LogP contribution in [-0.4, -0.2) is 24.4 Å². The third-order valence-electron chi connectivity index (χ3n) is 5.21. The van der Waals surface area contributed by atoms with E-state index >= 15 is 0 Å². The van der Waals surface area contributed by atoms with Gasteiger partial charge in [-0.25, -0.2) is 0 Å². The number of hydrogen-bond acceptors (Lipinski definition) is 4. The van der Waals surface area contributed by atoms with Crippen LogP contribution in [0.1, 0.15) is 52.9 Å². The maximum atomic E-state index is 12.8. The molecule has 3 aliphatic rings. The summed E-state index contributed by atoms with van der Waals surface area (Å²) in [7, 11) is 0. The summed E-state index contributed by atoms with van der Waals surface area (Å²) in [5.74, 6) is 0.737. The molecular formula is C19H23N3O2S. The molecule has 3 aliphatic carbocycles. The number of anilines is 1. The van der Waals surface area contributed by atoms with Crippen molar-refractivity contribution in [2.24, 2.45) is 11.8 Å². The third kappa shape index (κ3) is 3.67. The second-order valence-electron chi connectivity index (χ2n) is 7.35. The SMILES string of the molecule is C#CNC1CCc2sc(NC(=O)C3CC3)c(C(=O)NCC3CC3)c2C1. The summed E-state index contributed by atoms with van der Waals surface area (Å²) in [6.07, 6.45) is 12.3. The highest BCUT2D eigenvalue weighted by atomic mass is 32.1. The Balaban J connectivity index is 1.59. The van der Waals surface area contributed by atoms with Crippen molar-refractivity contribution in [2.45, 2.75) is 51.0 Å². The van der Waals surface area contributed by atoms with Gasteiger partial charge in [0, 0.05) is 29.4 Å². The molecule has 2 saturated carbocycles. The van der Waals surface area contributed by atoms with Gasteiger partial charge < -0.3 is 16.0 Å². The Bertz CT molecular complexity index is 741. The van der Waals surface area contributed by atoms with E-state index in [4.69, 9.17) is 6.42 Å². The first-order valence-electron chi connectivity index (χ1n) is 9.10. The molecule has 6 heteroatoms.